The third-order valence-electron chi connectivity index (χ3n) is 6.41. The van der Waals surface area contributed by atoms with Crippen molar-refractivity contribution in [3.63, 3.8) is 0 Å². The normalized spacial score (nSPS) is 24.5. The van der Waals surface area contributed by atoms with Crippen LogP contribution in [-0.4, -0.2) is 87.2 Å². The van der Waals surface area contributed by atoms with Gasteiger partial charge in [-0.15, -0.1) is 11.6 Å². The second-order valence-corrected chi connectivity index (χ2v) is 12.4. The molecule has 1 aromatic carbocycles. The number of rotatable bonds is 12. The van der Waals surface area contributed by atoms with Crippen LogP contribution in [0.4, 0.5) is 10.2 Å². The maximum absolute atomic E-state index is 15.7. The summed E-state index contributed by atoms with van der Waals surface area (Å²) in [7, 11) is -0.783. The van der Waals surface area contributed by atoms with E-state index >= 15 is 4.39 Å². The monoisotopic (exact) mass is 628 g/mol. The molecule has 13 nitrogen and oxygen atoms in total. The van der Waals surface area contributed by atoms with Crippen LogP contribution in [0, 0.1) is 6.92 Å². The highest BCUT2D eigenvalue weighted by molar-refractivity contribution is 7.52. The van der Waals surface area contributed by atoms with Crippen LogP contribution in [0.5, 0.6) is 5.75 Å². The van der Waals surface area contributed by atoms with Gasteiger partial charge < -0.3 is 24.0 Å². The molecule has 0 spiro atoms. The van der Waals surface area contributed by atoms with Crippen LogP contribution in [0.2, 0.25) is 0 Å². The van der Waals surface area contributed by atoms with Crippen LogP contribution in [0.1, 0.15) is 32.8 Å². The van der Waals surface area contributed by atoms with Crippen molar-refractivity contribution in [3.8, 4) is 5.75 Å². The molecule has 0 bridgehead atoms. The first-order valence-corrected chi connectivity index (χ1v) is 15.3. The number of hydrogen-bond donors (Lipinski definition) is 2. The molecule has 0 aliphatic carbocycles. The lowest BCUT2D eigenvalue weighted by Gasteiger charge is -2.31. The molecule has 1 unspecified atom stereocenters. The molecule has 16 heteroatoms. The van der Waals surface area contributed by atoms with Crippen molar-refractivity contribution in [3.05, 3.63) is 42.5 Å². The summed E-state index contributed by atoms with van der Waals surface area (Å²) in [5.41, 5.74) is -1.18. The number of anilines is 1. The topological polar surface area (TPSA) is 150 Å². The zero-order valence-corrected chi connectivity index (χ0v) is 25.8. The van der Waals surface area contributed by atoms with Crippen LogP contribution in [0.3, 0.4) is 0 Å². The van der Waals surface area contributed by atoms with E-state index in [1.165, 1.54) is 30.0 Å². The molecule has 2 N–H and O–H groups in total. The minimum absolute atomic E-state index is 0.170. The summed E-state index contributed by atoms with van der Waals surface area (Å²) in [5, 5.41) is 13.6. The van der Waals surface area contributed by atoms with E-state index in [0.717, 1.165) is 0 Å². The van der Waals surface area contributed by atoms with Gasteiger partial charge in [0.2, 0.25) is 0 Å². The summed E-state index contributed by atoms with van der Waals surface area (Å²) in [5.74, 6) is -0.0231. The molecular formula is C26H35ClFN6O7P. The minimum Gasteiger partial charge on any atom is -0.462 e. The van der Waals surface area contributed by atoms with Gasteiger partial charge in [0.15, 0.2) is 29.4 Å². The number of aliphatic hydroxyl groups excluding tert-OH is 1. The first kappa shape index (κ1) is 32.1. The molecule has 0 amide bonds. The number of benzene rings is 1. The van der Waals surface area contributed by atoms with Gasteiger partial charge >= 0.3 is 13.7 Å². The zero-order chi connectivity index (χ0) is 30.8. The average molecular weight is 629 g/mol. The Kier molecular flexibility index (Phi) is 9.75. The maximum Gasteiger partial charge on any atom is 0.459 e. The number of hydrogen-bond acceptors (Lipinski definition) is 11. The highest BCUT2D eigenvalue weighted by Gasteiger charge is 2.57. The lowest BCUT2D eigenvalue weighted by atomic mass is 9.99. The second kappa shape index (κ2) is 12.8. The van der Waals surface area contributed by atoms with Crippen molar-refractivity contribution in [1.29, 1.82) is 0 Å². The summed E-state index contributed by atoms with van der Waals surface area (Å²) < 4.78 is 53.6. The van der Waals surface area contributed by atoms with Crippen LogP contribution in [0.15, 0.2) is 36.7 Å². The molecule has 0 radical (unpaired) electrons. The number of imidazole rings is 1. The highest BCUT2D eigenvalue weighted by atomic mass is 35.5. The number of carbonyl (C=O) groups is 1. The maximum atomic E-state index is 15.7. The molecule has 1 saturated heterocycles. The van der Waals surface area contributed by atoms with Gasteiger partial charge in [0.25, 0.3) is 0 Å². The average Bonchev–Trinajstić information content (AvgIpc) is 3.45. The van der Waals surface area contributed by atoms with Crippen molar-refractivity contribution in [2.24, 2.45) is 0 Å². The number of fused-ring (bicyclic) bond motifs is 1. The number of aromatic nitrogens is 4. The summed E-state index contributed by atoms with van der Waals surface area (Å²) >= 11 is 6.25. The molecule has 2 aromatic heterocycles. The van der Waals surface area contributed by atoms with E-state index in [0.29, 0.717) is 17.2 Å². The van der Waals surface area contributed by atoms with Gasteiger partial charge in [-0.1, -0.05) is 18.2 Å². The van der Waals surface area contributed by atoms with Crippen molar-refractivity contribution in [2.45, 2.75) is 63.9 Å². The molecule has 1 aliphatic rings. The van der Waals surface area contributed by atoms with Crippen LogP contribution >= 0.6 is 19.3 Å². The fourth-order valence-electron chi connectivity index (χ4n) is 4.33. The van der Waals surface area contributed by atoms with Gasteiger partial charge in [-0.2, -0.15) is 5.09 Å². The predicted octanol–water partition coefficient (Wildman–Crippen LogP) is 3.54. The highest BCUT2D eigenvalue weighted by Crippen LogP contribution is 2.49. The molecule has 1 aliphatic heterocycles. The van der Waals surface area contributed by atoms with E-state index in [9.17, 15) is 14.5 Å². The molecule has 230 valence electrons. The Morgan fingerprint density at radius 3 is 2.60 bits per heavy atom. The van der Waals surface area contributed by atoms with Crippen molar-refractivity contribution in [1.82, 2.24) is 24.6 Å². The fourth-order valence-corrected chi connectivity index (χ4v) is 6.18. The number of nitrogens with zero attached hydrogens (tertiary/aromatic N) is 5. The lowest BCUT2D eigenvalue weighted by molar-refractivity contribution is -0.149. The van der Waals surface area contributed by atoms with Crippen LogP contribution in [-0.2, 0) is 23.4 Å². The van der Waals surface area contributed by atoms with Gasteiger partial charge in [0.1, 0.15) is 29.3 Å². The Labute approximate surface area is 247 Å². The van der Waals surface area contributed by atoms with E-state index in [1.54, 1.807) is 58.0 Å². The van der Waals surface area contributed by atoms with Gasteiger partial charge in [-0.05, 0) is 39.8 Å². The third kappa shape index (κ3) is 6.69. The molecule has 1 fully saturated rings. The van der Waals surface area contributed by atoms with Gasteiger partial charge in [0, 0.05) is 14.1 Å². The number of nitrogens with one attached hydrogen (secondary N) is 1. The number of aliphatic hydroxyl groups is 1. The Hall–Kier alpha value is -2.87. The molecule has 6 atom stereocenters. The van der Waals surface area contributed by atoms with E-state index in [4.69, 9.17) is 30.1 Å². The standard InChI is InChI=1S/C26H35ClFN6O7P/c1-15(2)39-25(36)16(3)32-42(37,41-18-10-8-7-9-11-18)38-13-26(12-27)21(35)19(28)24(40-26)34-14-29-20-22(33(5)6)30-17(4)31-23(20)34/h7-11,14-16,19,21,24,35H,12-13H2,1-6H3,(H,32,37)/t16-,19+,21-,24+,26+,42?/m0/s1. The van der Waals surface area contributed by atoms with Crippen LogP contribution < -0.4 is 14.5 Å². The number of ether oxygens (including phenoxy) is 2. The molecule has 3 aromatic rings. The van der Waals surface area contributed by atoms with Crippen molar-refractivity contribution < 1.29 is 37.4 Å². The van der Waals surface area contributed by atoms with Gasteiger partial charge in [-0.3, -0.25) is 13.9 Å². The van der Waals surface area contributed by atoms with Crippen molar-refractivity contribution in [2.75, 3.05) is 31.5 Å². The summed E-state index contributed by atoms with van der Waals surface area (Å²) in [6, 6.07) is 7.00. The number of alkyl halides is 2. The number of carbonyl (C=O) groups excluding carboxylic acids is 1. The number of aryl methyl sites for hydroxylation is 1. The van der Waals surface area contributed by atoms with E-state index in [2.05, 4.69) is 20.0 Å². The Bertz CT molecular complexity index is 1450. The predicted molar refractivity (Wildman–Crippen MR) is 153 cm³/mol. The minimum atomic E-state index is -4.36. The fraction of sp³-hybridized carbons (Fsp3) is 0.538. The Balaban J connectivity index is 1.62. The number of halogens is 2. The Morgan fingerprint density at radius 1 is 1.29 bits per heavy atom. The SMILES string of the molecule is Cc1nc(N(C)C)c2ncn([C@@H]3O[C@](CCl)(COP(=O)(N[C@@H](C)C(=O)OC(C)C)Oc4ccccc4)[C@@H](O)[C@H]3F)c2n1. The number of esters is 1. The van der Waals surface area contributed by atoms with Gasteiger partial charge in [0.05, 0.1) is 24.9 Å². The van der Waals surface area contributed by atoms with E-state index < -0.39 is 62.5 Å². The largest absolute Gasteiger partial charge is 0.462 e. The van der Waals surface area contributed by atoms with E-state index in [1.807, 2.05) is 0 Å². The second-order valence-electron chi connectivity index (χ2n) is 10.4. The van der Waals surface area contributed by atoms with E-state index in [-0.39, 0.29) is 11.4 Å². The Morgan fingerprint density at radius 2 is 1.98 bits per heavy atom. The molecule has 4 rings (SSSR count). The molecule has 42 heavy (non-hydrogen) atoms. The van der Waals surface area contributed by atoms with Gasteiger partial charge in [-0.25, -0.2) is 23.9 Å². The first-order valence-electron chi connectivity index (χ1n) is 13.2. The quantitative estimate of drug-likeness (QED) is 0.172. The molecular weight excluding hydrogens is 594 g/mol. The number of para-hydroxylation sites is 1. The third-order valence-corrected chi connectivity index (χ3v) is 8.49. The summed E-state index contributed by atoms with van der Waals surface area (Å²) in [4.78, 5) is 27.3. The first-order chi connectivity index (χ1) is 19.8. The van der Waals surface area contributed by atoms with Crippen molar-refractivity contribution >= 4 is 42.3 Å². The van der Waals surface area contributed by atoms with Crippen LogP contribution in [0.25, 0.3) is 11.2 Å². The smallest absolute Gasteiger partial charge is 0.459 e. The summed E-state index contributed by atoms with van der Waals surface area (Å²) in [6.45, 7) is 5.80. The lowest BCUT2D eigenvalue weighted by Crippen LogP contribution is -2.48. The summed E-state index contributed by atoms with van der Waals surface area (Å²) in [6.07, 6.45) is -4.28. The molecule has 0 saturated carbocycles. The molecule has 3 heterocycles. The zero-order valence-electron chi connectivity index (χ0n) is 24.1.